The highest BCUT2D eigenvalue weighted by molar-refractivity contribution is 5.96. The number of carbonyl (C=O) groups is 5. The number of nitrogens with one attached hydrogen (secondary N) is 2. The van der Waals surface area contributed by atoms with E-state index in [-0.39, 0.29) is 34.9 Å². The van der Waals surface area contributed by atoms with Gasteiger partial charge in [0.2, 0.25) is 5.60 Å². The molecule has 12 heterocycles. The molecule has 4 saturated heterocycles. The van der Waals surface area contributed by atoms with E-state index < -0.39 is 126 Å². The number of benzene rings is 4. The van der Waals surface area contributed by atoms with Crippen LogP contribution in [0.4, 0.5) is 17.1 Å². The van der Waals surface area contributed by atoms with Crippen molar-refractivity contribution < 1.29 is 88.2 Å². The number of likely N-dealkylation sites (N-methyl/N-ethyl adjacent to an activating group) is 3. The Morgan fingerprint density at radius 2 is 1.03 bits per heavy atom. The summed E-state index contributed by atoms with van der Waals surface area (Å²) in [6, 6.07) is 17.7. The van der Waals surface area contributed by atoms with E-state index in [1.807, 2.05) is 118 Å². The molecule has 11 aliphatic heterocycles. The van der Waals surface area contributed by atoms with Crippen LogP contribution in [-0.2, 0) is 77.1 Å². The molecule has 3 spiro atoms. The first kappa shape index (κ1) is 94.5. The van der Waals surface area contributed by atoms with Crippen LogP contribution in [0.3, 0.4) is 0 Å². The summed E-state index contributed by atoms with van der Waals surface area (Å²) in [5, 5.41) is 85.8. The SMILES string of the molecule is CC[C@]1(O)CC2CN(CCc3c([nH]c4ccccc34)[C@](C(=O)OC)(c3cc4c(cc3OC)N(C)C3C45CCN4CC=C[C@](CC)(C45)[C@@H](OC(C)=O)[C@]3(O)C(=O)OC)C2)C1.CC[C@]12C=CCN3CCC4(c5cc(C(C)(C)C)c(OC)cc5N(C)C4[C@@](O)(C(=O)N=[N+]=[N-])[C@@H]1O)C32.CC[C@]12C=CCN3CCC4(c5cc(C(C)(C)C)c(OC)cc5N(C)C4[C@@](O)(C(=O)NN)[C@@H]1O)C32.O=NO. The molecule has 131 heavy (non-hydrogen) atoms. The molecule has 19 rings (SSSR count). The summed E-state index contributed by atoms with van der Waals surface area (Å²) in [5.74, 6) is 3.78. The van der Waals surface area contributed by atoms with Crippen LogP contribution < -0.4 is 40.2 Å². The predicted molar refractivity (Wildman–Crippen MR) is 491 cm³/mol. The Labute approximate surface area is 765 Å². The summed E-state index contributed by atoms with van der Waals surface area (Å²) < 4.78 is 35.5. The Bertz CT molecular complexity index is 5570. The van der Waals surface area contributed by atoms with Gasteiger partial charge in [-0.3, -0.25) is 44.2 Å². The molecule has 11 unspecified atom stereocenters. The van der Waals surface area contributed by atoms with Crippen molar-refractivity contribution in [3.63, 3.8) is 0 Å². The number of methoxy groups -OCH3 is 5. The molecule has 33 heteroatoms. The summed E-state index contributed by atoms with van der Waals surface area (Å²) >= 11 is 0. The number of esters is 3. The third kappa shape index (κ3) is 12.6. The van der Waals surface area contributed by atoms with Gasteiger partial charge in [0.05, 0.1) is 59.3 Å². The quantitative estimate of drug-likeness (QED) is 0.00505. The number of para-hydroxylation sites is 1. The summed E-state index contributed by atoms with van der Waals surface area (Å²) in [4.78, 5) is 99.4. The van der Waals surface area contributed by atoms with Gasteiger partial charge in [-0.05, 0) is 169 Å². The van der Waals surface area contributed by atoms with E-state index in [0.29, 0.717) is 102 Å². The molecule has 3 saturated carbocycles. The molecule has 7 fully saturated rings. The molecule has 0 radical (unpaired) electrons. The van der Waals surface area contributed by atoms with Gasteiger partial charge in [-0.2, -0.15) is 0 Å². The largest absolute Gasteiger partial charge is 0.496 e. The highest BCUT2D eigenvalue weighted by Gasteiger charge is 2.83. The van der Waals surface area contributed by atoms with Gasteiger partial charge >= 0.3 is 17.9 Å². The number of hydrogen-bond donors (Lipinski definition) is 10. The number of fused-ring (bicyclic) bond motifs is 8. The van der Waals surface area contributed by atoms with Crippen molar-refractivity contribution in [1.29, 1.82) is 0 Å². The second kappa shape index (κ2) is 32.8. The number of anilines is 3. The lowest BCUT2D eigenvalue weighted by Crippen LogP contribution is -2.82. The van der Waals surface area contributed by atoms with Crippen LogP contribution in [0.2, 0.25) is 0 Å². The standard InChI is InChI=1S/C46H58N4O9.C26H35N5O4.C26H38N4O4.HNO2/c1-8-42(54)23-28-24-45(40(52)57-6,36-30(15-19-49(25-28)26-42)29-13-10-11-14-33(29)47-36)32-21-31-34(22-35(32)56-5)48(4)38-44(31)17-20-50-18-12-16-43(9-2,37(44)50)39(59-27(3)51)46(38,55)41(53)58-7;1-7-24-9-8-11-31-12-10-25(19(24)31)15-13-16(23(2,3)4)18(35-6)14-17(15)30(5)20(25)26(34,21(24)32)22(33)28-29-27;1-7-24-9-8-11-30-12-10-25(19(24)30)15-13-16(23(2,3)4)18(34-6)14-17(15)29(5)20(25)26(33,21(24)31)22(32)28-27;2-1-3/h10-14,16,21-22,28,37-39,47,54-55H,8-9,15,17-20,23-26H2,1-7H3;8-9,13-14,19-21,32,34H,7,10-12H2,1-6H3;8-9,13-14,19-21,31,33H,7,10-12,27H2,1-6H3,(H,28,32);(H,2,3)/t28?,37?,38?,39-,42+,43-,44?,45-,46+;2*19?,20?,21-,24-,25?,26+;/m111./s1. The second-order valence-electron chi connectivity index (χ2n) is 41.5. The first-order valence-electron chi connectivity index (χ1n) is 46.2. The Morgan fingerprint density at radius 3 is 1.47 bits per heavy atom. The number of piperidine rings is 1. The first-order valence-corrected chi connectivity index (χ1v) is 46.2. The van der Waals surface area contributed by atoms with Crippen molar-refractivity contribution >= 4 is 57.7 Å². The van der Waals surface area contributed by atoms with E-state index in [0.717, 1.165) is 111 Å². The average Bonchev–Trinajstić information content (AvgIpc) is 1.51. The minimum absolute atomic E-state index is 0.0641. The minimum atomic E-state index is -2.30. The number of hydrazine groups is 1. The molecule has 2 amide bonds. The molecule has 22 atom stereocenters. The van der Waals surface area contributed by atoms with Gasteiger partial charge in [0.1, 0.15) is 34.9 Å². The van der Waals surface area contributed by atoms with E-state index >= 15 is 4.79 Å². The molecule has 11 N–H and O–H groups in total. The van der Waals surface area contributed by atoms with Gasteiger partial charge in [0, 0.05) is 180 Å². The highest BCUT2D eigenvalue weighted by Crippen LogP contribution is 2.72. The number of hydrogen-bond acceptors (Lipinski definition) is 27. The average molecular weight is 1810 g/mol. The number of azide groups is 1. The molecule has 14 aliphatic rings. The number of carbonyl (C=O) groups excluding carboxylic acids is 5. The second-order valence-corrected chi connectivity index (χ2v) is 41.5. The number of amides is 2. The number of H-pyrrole nitrogens is 1. The van der Waals surface area contributed by atoms with E-state index in [4.69, 9.17) is 49.9 Å². The van der Waals surface area contributed by atoms with E-state index in [1.165, 1.54) is 26.5 Å². The van der Waals surface area contributed by atoms with Crippen LogP contribution in [0.25, 0.3) is 21.3 Å². The first-order chi connectivity index (χ1) is 62.0. The number of ether oxygens (including phenoxy) is 6. The number of rotatable bonds is 13. The number of aliphatic hydroxyl groups excluding tert-OH is 2. The predicted octanol–water partition coefficient (Wildman–Crippen LogP) is 8.35. The topological polar surface area (TPSA) is 437 Å². The van der Waals surface area contributed by atoms with Gasteiger partial charge in [-0.15, -0.1) is 4.91 Å². The van der Waals surface area contributed by atoms with Gasteiger partial charge in [0.15, 0.2) is 22.6 Å². The van der Waals surface area contributed by atoms with Crippen LogP contribution in [0.1, 0.15) is 179 Å². The summed E-state index contributed by atoms with van der Waals surface area (Å²) in [5.41, 5.74) is 8.07. The molecule has 3 aliphatic carbocycles. The van der Waals surface area contributed by atoms with Crippen LogP contribution in [0.5, 0.6) is 17.2 Å². The van der Waals surface area contributed by atoms with Crippen molar-refractivity contribution in [3.8, 4) is 17.2 Å². The maximum absolute atomic E-state index is 15.3. The summed E-state index contributed by atoms with van der Waals surface area (Å²) in [6.45, 7) is 28.7. The Kier molecular flexibility index (Phi) is 23.7. The zero-order valence-corrected chi connectivity index (χ0v) is 79.0. The van der Waals surface area contributed by atoms with E-state index in [2.05, 4.69) is 124 Å². The van der Waals surface area contributed by atoms with Gasteiger partial charge in [-0.1, -0.05) is 124 Å². The Morgan fingerprint density at radius 1 is 0.588 bits per heavy atom. The molecule has 708 valence electrons. The lowest BCUT2D eigenvalue weighted by Gasteiger charge is -2.63. The Hall–Kier alpha value is -9.74. The molecule has 2 bridgehead atoms. The monoisotopic (exact) mass is 1810 g/mol. The lowest BCUT2D eigenvalue weighted by atomic mass is 9.47. The number of nitrogens with zero attached hydrogens (tertiary/aromatic N) is 11. The minimum Gasteiger partial charge on any atom is -0.496 e. The normalized spacial score (nSPS) is 36.7. The molecule has 1 aromatic heterocycles. The number of aromatic nitrogens is 1. The molecular formula is C98H132N14O19. The van der Waals surface area contributed by atoms with Crippen LogP contribution in [-0.4, -0.2) is 283 Å². The third-order valence-corrected chi connectivity index (χ3v) is 34.1. The maximum atomic E-state index is 15.3. The zero-order valence-electron chi connectivity index (χ0n) is 79.0. The number of nitrogens with two attached hydrogens (primary N) is 1. The van der Waals surface area contributed by atoms with E-state index in [1.54, 1.807) is 21.3 Å². The van der Waals surface area contributed by atoms with Gasteiger partial charge in [0.25, 0.3) is 11.8 Å². The molecule has 33 nitrogen and oxygen atoms in total. The van der Waals surface area contributed by atoms with E-state index in [9.17, 15) is 49.8 Å². The fraction of sp³-hybridized carbons (Fsp3) is 0.622. The Balaban J connectivity index is 0.000000150. The van der Waals surface area contributed by atoms with Crippen molar-refractivity contribution in [2.45, 2.75) is 250 Å². The fourth-order valence-electron chi connectivity index (χ4n) is 29.5. The van der Waals surface area contributed by atoms with Crippen LogP contribution >= 0.6 is 0 Å². The summed E-state index contributed by atoms with van der Waals surface area (Å²) in [6.07, 6.45) is 13.9. The highest BCUT2D eigenvalue weighted by atomic mass is 16.6. The van der Waals surface area contributed by atoms with Crippen LogP contribution in [0, 0.1) is 27.1 Å². The molecular weight excluding hydrogens is 1680 g/mol. The number of aliphatic hydroxyl groups is 6. The smallest absolute Gasteiger partial charge is 0.344 e. The zero-order chi connectivity index (χ0) is 95.0. The van der Waals surface area contributed by atoms with Gasteiger partial charge < -0.3 is 84.0 Å². The van der Waals surface area contributed by atoms with Crippen molar-refractivity contribution in [3.05, 3.63) is 157 Å². The van der Waals surface area contributed by atoms with Gasteiger partial charge in [-0.25, -0.2) is 10.6 Å². The third-order valence-electron chi connectivity index (χ3n) is 34.1. The number of aromatic amines is 1. The van der Waals surface area contributed by atoms with Crippen molar-refractivity contribution in [1.82, 2.24) is 30.0 Å². The summed E-state index contributed by atoms with van der Waals surface area (Å²) in [7, 11) is 13.2. The van der Waals surface area contributed by atoms with Crippen molar-refractivity contribution in [2.24, 2.45) is 38.5 Å². The maximum Gasteiger partial charge on any atom is 0.344 e. The fourth-order valence-corrected chi connectivity index (χ4v) is 29.5. The molecule has 5 aromatic rings. The molecule has 4 aromatic carbocycles. The lowest BCUT2D eigenvalue weighted by molar-refractivity contribution is -0.228. The van der Waals surface area contributed by atoms with Crippen LogP contribution in [0.15, 0.2) is 108 Å². The van der Waals surface area contributed by atoms with Crippen molar-refractivity contribution in [2.75, 3.05) is 130 Å².